The minimum absolute atomic E-state index is 0.0136. The van der Waals surface area contributed by atoms with Crippen molar-refractivity contribution in [2.24, 2.45) is 0 Å². The third kappa shape index (κ3) is 7.97. The van der Waals surface area contributed by atoms with Crippen LogP contribution in [0.4, 0.5) is 43.9 Å². The van der Waals surface area contributed by atoms with E-state index in [9.17, 15) is 43.9 Å². The smallest absolute Gasteiger partial charge is 0.374 e. The van der Waals surface area contributed by atoms with Gasteiger partial charge in [-0.05, 0) is 5.56 Å². The van der Waals surface area contributed by atoms with Gasteiger partial charge in [-0.1, -0.05) is 30.3 Å². The van der Waals surface area contributed by atoms with E-state index in [0.717, 1.165) is 0 Å². The summed E-state index contributed by atoms with van der Waals surface area (Å²) >= 11 is 0. The van der Waals surface area contributed by atoms with Crippen LogP contribution >= 0.6 is 0 Å². The summed E-state index contributed by atoms with van der Waals surface area (Å²) in [5, 5.41) is 0. The molecule has 1 unspecified atom stereocenters. The molecule has 13 heteroatoms. The molecule has 0 bridgehead atoms. The molecule has 29 heavy (non-hydrogen) atoms. The van der Waals surface area contributed by atoms with Crippen LogP contribution in [-0.2, 0) is 20.8 Å². The van der Waals surface area contributed by atoms with Crippen molar-refractivity contribution in [3.63, 3.8) is 0 Å². The van der Waals surface area contributed by atoms with E-state index in [1.165, 1.54) is 0 Å². The minimum atomic E-state index is -6.37. The molecule has 1 rings (SSSR count). The van der Waals surface area contributed by atoms with Crippen LogP contribution in [-0.4, -0.2) is 56.7 Å². The first-order valence-electron chi connectivity index (χ1n) is 7.85. The number of benzene rings is 1. The van der Waals surface area contributed by atoms with E-state index in [1.54, 1.807) is 30.3 Å². The van der Waals surface area contributed by atoms with Crippen molar-refractivity contribution in [1.29, 1.82) is 0 Å². The average molecular weight is 446 g/mol. The summed E-state index contributed by atoms with van der Waals surface area (Å²) in [6, 6.07) is 8.42. The Kier molecular flexibility index (Phi) is 8.72. The zero-order valence-corrected chi connectivity index (χ0v) is 14.5. The van der Waals surface area contributed by atoms with Crippen molar-refractivity contribution in [3.05, 3.63) is 35.9 Å². The zero-order chi connectivity index (χ0) is 22.3. The molecule has 0 spiro atoms. The van der Waals surface area contributed by atoms with Crippen molar-refractivity contribution in [2.45, 2.75) is 36.9 Å². The molecule has 0 aromatic heterocycles. The Balaban J connectivity index is 2.40. The van der Waals surface area contributed by atoms with E-state index < -0.39 is 56.7 Å². The van der Waals surface area contributed by atoms with Crippen molar-refractivity contribution >= 4 is 0 Å². The van der Waals surface area contributed by atoms with E-state index in [4.69, 9.17) is 4.74 Å². The molecule has 0 saturated heterocycles. The lowest BCUT2D eigenvalue weighted by atomic mass is 10.2. The number of hydrogen-bond donors (Lipinski definition) is 0. The maximum Gasteiger partial charge on any atom is 0.482 e. The Labute approximate surface area is 158 Å². The Morgan fingerprint density at radius 1 is 0.724 bits per heavy atom. The Bertz CT molecular complexity index is 607. The maximum absolute atomic E-state index is 13.5. The molecule has 1 atom stereocenters. The number of hydrogen-bond acceptors (Lipinski definition) is 3. The van der Waals surface area contributed by atoms with Crippen LogP contribution in [0.2, 0.25) is 0 Å². The molecule has 0 saturated carbocycles. The fraction of sp³-hybridized carbons (Fsp3) is 0.625. The van der Waals surface area contributed by atoms with Gasteiger partial charge in [-0.25, -0.2) is 4.39 Å². The Hall–Kier alpha value is -1.60. The second-order valence-corrected chi connectivity index (χ2v) is 5.83. The van der Waals surface area contributed by atoms with Gasteiger partial charge in [0.05, 0.1) is 19.8 Å². The van der Waals surface area contributed by atoms with Gasteiger partial charge in [0, 0.05) is 0 Å². The van der Waals surface area contributed by atoms with Gasteiger partial charge in [-0.3, -0.25) is 0 Å². The van der Waals surface area contributed by atoms with Gasteiger partial charge in [0.25, 0.3) is 0 Å². The third-order valence-electron chi connectivity index (χ3n) is 3.29. The second kappa shape index (κ2) is 9.94. The molecule has 168 valence electrons. The molecular weight excluding hydrogens is 430 g/mol. The molecule has 0 aliphatic heterocycles. The summed E-state index contributed by atoms with van der Waals surface area (Å²) in [6.07, 6.45) is -14.4. The second-order valence-electron chi connectivity index (χ2n) is 5.83. The highest BCUT2D eigenvalue weighted by atomic mass is 19.4. The Morgan fingerprint density at radius 2 is 1.24 bits per heavy atom. The van der Waals surface area contributed by atoms with Gasteiger partial charge in [0.2, 0.25) is 0 Å². The van der Waals surface area contributed by atoms with Gasteiger partial charge in [-0.2, -0.15) is 39.5 Å². The number of ether oxygens (including phenoxy) is 3. The normalized spacial score (nSPS) is 14.8. The highest BCUT2D eigenvalue weighted by molar-refractivity contribution is 5.13. The topological polar surface area (TPSA) is 27.7 Å². The minimum Gasteiger partial charge on any atom is -0.374 e. The van der Waals surface area contributed by atoms with E-state index >= 15 is 0 Å². The van der Waals surface area contributed by atoms with Gasteiger partial charge in [0.1, 0.15) is 19.4 Å². The predicted octanol–water partition coefficient (Wildman–Crippen LogP) is 5.00. The number of rotatable bonds is 12. The first kappa shape index (κ1) is 25.4. The summed E-state index contributed by atoms with van der Waals surface area (Å²) in [5.74, 6) is -10.6. The lowest BCUT2D eigenvalue weighted by Crippen LogP contribution is -2.51. The summed E-state index contributed by atoms with van der Waals surface area (Å²) in [5.41, 5.74) is 0.683. The molecule has 0 heterocycles. The van der Waals surface area contributed by atoms with Gasteiger partial charge >= 0.3 is 24.1 Å². The van der Waals surface area contributed by atoms with E-state index in [0.29, 0.717) is 5.56 Å². The van der Waals surface area contributed by atoms with E-state index in [2.05, 4.69) is 9.47 Å². The predicted molar refractivity (Wildman–Crippen MR) is 78.7 cm³/mol. The van der Waals surface area contributed by atoms with Crippen LogP contribution in [0.25, 0.3) is 0 Å². The molecule has 0 aliphatic rings. The van der Waals surface area contributed by atoms with Crippen molar-refractivity contribution in [1.82, 2.24) is 0 Å². The first-order chi connectivity index (χ1) is 13.2. The standard InChI is InChI=1S/C16H16F10O3/c17-12(7-27-6-11-4-2-1-3-5-11)8-28-9-13(18,19)14(20,21)10-29-16(25,26)15(22,23)24/h1-5,12H,6-10H2. The van der Waals surface area contributed by atoms with Crippen LogP contribution in [0.3, 0.4) is 0 Å². The van der Waals surface area contributed by atoms with Gasteiger partial charge < -0.3 is 14.2 Å². The van der Waals surface area contributed by atoms with Crippen LogP contribution in [0.15, 0.2) is 30.3 Å². The summed E-state index contributed by atoms with van der Waals surface area (Å²) in [4.78, 5) is 0. The van der Waals surface area contributed by atoms with E-state index in [-0.39, 0.29) is 6.61 Å². The highest BCUT2D eigenvalue weighted by Gasteiger charge is 2.63. The number of halogens is 10. The lowest BCUT2D eigenvalue weighted by molar-refractivity contribution is -0.406. The molecule has 0 radical (unpaired) electrons. The highest BCUT2D eigenvalue weighted by Crippen LogP contribution is 2.40. The summed E-state index contributed by atoms with van der Waals surface area (Å²) in [6.45, 7) is -6.80. The number of alkyl halides is 10. The third-order valence-corrected chi connectivity index (χ3v) is 3.29. The maximum atomic E-state index is 13.5. The SMILES string of the molecule is FC(COCc1ccccc1)COCC(F)(F)C(F)(F)COC(F)(F)C(F)(F)F. The summed E-state index contributed by atoms with van der Waals surface area (Å²) < 4.78 is 139. The zero-order valence-electron chi connectivity index (χ0n) is 14.5. The lowest BCUT2D eigenvalue weighted by Gasteiger charge is -2.28. The largest absolute Gasteiger partial charge is 0.482 e. The molecule has 0 fully saturated rings. The summed E-state index contributed by atoms with van der Waals surface area (Å²) in [7, 11) is 0. The molecular formula is C16H16F10O3. The fourth-order valence-electron chi connectivity index (χ4n) is 1.72. The van der Waals surface area contributed by atoms with E-state index in [1.807, 2.05) is 0 Å². The first-order valence-corrected chi connectivity index (χ1v) is 7.85. The van der Waals surface area contributed by atoms with Crippen molar-refractivity contribution < 1.29 is 58.1 Å². The van der Waals surface area contributed by atoms with Crippen LogP contribution in [0.1, 0.15) is 5.56 Å². The Morgan fingerprint density at radius 3 is 1.79 bits per heavy atom. The van der Waals surface area contributed by atoms with Crippen LogP contribution in [0, 0.1) is 0 Å². The van der Waals surface area contributed by atoms with Gasteiger partial charge in [-0.15, -0.1) is 0 Å². The van der Waals surface area contributed by atoms with Crippen molar-refractivity contribution in [2.75, 3.05) is 26.4 Å². The van der Waals surface area contributed by atoms with Crippen molar-refractivity contribution in [3.8, 4) is 0 Å². The molecule has 3 nitrogen and oxygen atoms in total. The monoisotopic (exact) mass is 446 g/mol. The molecule has 0 amide bonds. The molecule has 1 aromatic rings. The van der Waals surface area contributed by atoms with Crippen LogP contribution < -0.4 is 0 Å². The fourth-order valence-corrected chi connectivity index (χ4v) is 1.72. The quantitative estimate of drug-likeness (QED) is 0.423. The molecule has 0 N–H and O–H groups in total. The van der Waals surface area contributed by atoms with Gasteiger partial charge in [0.15, 0.2) is 0 Å². The average Bonchev–Trinajstić information content (AvgIpc) is 2.60. The molecule has 1 aromatic carbocycles. The van der Waals surface area contributed by atoms with Crippen LogP contribution in [0.5, 0.6) is 0 Å². The molecule has 0 aliphatic carbocycles.